The van der Waals surface area contributed by atoms with E-state index in [1.807, 2.05) is 41.3 Å². The van der Waals surface area contributed by atoms with E-state index >= 15 is 0 Å². The summed E-state index contributed by atoms with van der Waals surface area (Å²) in [6, 6.07) is 13.0. The van der Waals surface area contributed by atoms with Crippen LogP contribution in [0.15, 0.2) is 48.8 Å². The predicted octanol–water partition coefficient (Wildman–Crippen LogP) is 3.19. The molecule has 1 aliphatic rings. The van der Waals surface area contributed by atoms with Crippen LogP contribution >= 0.6 is 0 Å². The molecule has 0 bridgehead atoms. The second-order valence-electron chi connectivity index (χ2n) is 7.41. The number of piperidine rings is 1. The average Bonchev–Trinajstić information content (AvgIpc) is 3.35. The van der Waals surface area contributed by atoms with Gasteiger partial charge in [-0.25, -0.2) is 9.97 Å². The molecule has 32 heavy (non-hydrogen) atoms. The molecule has 3 heterocycles. The largest absolute Gasteiger partial charge is 0.497 e. The number of hydrogen-bond acceptors (Lipinski definition) is 7. The van der Waals surface area contributed by atoms with E-state index in [1.54, 1.807) is 20.3 Å². The first-order chi connectivity index (χ1) is 15.6. The molecule has 0 spiro atoms. The number of nitrogen functional groups attached to an aromatic ring is 1. The maximum Gasteiger partial charge on any atom is 0.253 e. The number of nitrogens with zero attached hydrogens (tertiary/aromatic N) is 5. The number of anilines is 1. The van der Waals surface area contributed by atoms with E-state index in [0.29, 0.717) is 22.9 Å². The molecule has 0 atom stereocenters. The van der Waals surface area contributed by atoms with Crippen molar-refractivity contribution in [2.45, 2.75) is 19.3 Å². The van der Waals surface area contributed by atoms with Crippen molar-refractivity contribution >= 4 is 28.4 Å². The summed E-state index contributed by atoms with van der Waals surface area (Å²) in [4.78, 5) is 22.5. The first kappa shape index (κ1) is 21.4. The van der Waals surface area contributed by atoms with Gasteiger partial charge in [0.25, 0.3) is 5.91 Å². The number of aromatic nitrogens is 4. The first-order valence-corrected chi connectivity index (χ1v) is 10.5. The highest BCUT2D eigenvalue weighted by atomic mass is 16.5. The van der Waals surface area contributed by atoms with Crippen molar-refractivity contribution in [1.29, 1.82) is 0 Å². The Labute approximate surface area is 185 Å². The zero-order valence-electron chi connectivity index (χ0n) is 18.2. The van der Waals surface area contributed by atoms with E-state index in [2.05, 4.69) is 15.1 Å². The monoisotopic (exact) mass is 434 g/mol. The summed E-state index contributed by atoms with van der Waals surface area (Å²) in [5.41, 5.74) is 7.89. The zero-order chi connectivity index (χ0) is 22.5. The van der Waals surface area contributed by atoms with Gasteiger partial charge in [0.15, 0.2) is 5.65 Å². The molecule has 5 rings (SSSR count). The number of likely N-dealkylation sites (tertiary alicyclic amines) is 1. The highest BCUT2D eigenvalue weighted by molar-refractivity contribution is 5.96. The minimum atomic E-state index is 0.124. The van der Waals surface area contributed by atoms with Crippen molar-refractivity contribution in [3.63, 3.8) is 0 Å². The van der Waals surface area contributed by atoms with Gasteiger partial charge in [0, 0.05) is 24.0 Å². The van der Waals surface area contributed by atoms with Crippen LogP contribution in [0, 0.1) is 0 Å². The summed E-state index contributed by atoms with van der Waals surface area (Å²) >= 11 is 0. The summed E-state index contributed by atoms with van der Waals surface area (Å²) < 4.78 is 11.9. The minimum absolute atomic E-state index is 0.124. The molecule has 2 aromatic carbocycles. The van der Waals surface area contributed by atoms with Gasteiger partial charge < -0.3 is 20.1 Å². The van der Waals surface area contributed by atoms with Gasteiger partial charge in [0.2, 0.25) is 5.95 Å². The molecule has 1 amide bonds. The summed E-state index contributed by atoms with van der Waals surface area (Å²) in [6.45, 7) is 1.77. The molecule has 166 valence electrons. The first-order valence-electron chi connectivity index (χ1n) is 10.5. The lowest BCUT2D eigenvalue weighted by Gasteiger charge is -2.26. The number of methoxy groups -OCH3 is 2. The molecule has 0 unspecified atom stereocenters. The van der Waals surface area contributed by atoms with Crippen LogP contribution in [0.5, 0.6) is 11.5 Å². The number of amides is 1. The smallest absolute Gasteiger partial charge is 0.253 e. The average molecular weight is 435 g/mol. The van der Waals surface area contributed by atoms with Crippen LogP contribution in [0.1, 0.15) is 29.6 Å². The molecule has 1 aliphatic heterocycles. The van der Waals surface area contributed by atoms with Crippen molar-refractivity contribution < 1.29 is 14.3 Å². The number of nitrogens with two attached hydrogens (primary N) is 1. The number of rotatable bonds is 3. The molecule has 0 aliphatic carbocycles. The Kier molecular flexibility index (Phi) is 6.34. The third-order valence-electron chi connectivity index (χ3n) is 5.41. The van der Waals surface area contributed by atoms with Crippen molar-refractivity contribution in [2.24, 2.45) is 0 Å². The maximum atomic E-state index is 12.1. The molecule has 1 fully saturated rings. The number of ether oxygens (including phenoxy) is 2. The highest BCUT2D eigenvalue weighted by Gasteiger charge is 2.18. The molecule has 9 heteroatoms. The number of hydrogen-bond donors (Lipinski definition) is 1. The van der Waals surface area contributed by atoms with Gasteiger partial charge in [-0.1, -0.05) is 12.1 Å². The number of carbonyl (C=O) groups excluding carboxylic acids is 1. The number of fused-ring (bicyclic) bond motifs is 3. The molecule has 2 N–H and O–H groups in total. The number of carbonyl (C=O) groups is 1. The van der Waals surface area contributed by atoms with Crippen molar-refractivity contribution in [3.05, 3.63) is 54.4 Å². The quantitative estimate of drug-likeness (QED) is 0.527. The van der Waals surface area contributed by atoms with Crippen LogP contribution in [0.2, 0.25) is 0 Å². The van der Waals surface area contributed by atoms with Gasteiger partial charge in [-0.2, -0.15) is 9.61 Å². The van der Waals surface area contributed by atoms with Crippen LogP contribution in [0.25, 0.3) is 16.6 Å². The molecule has 2 aromatic heterocycles. The standard InChI is InChI=1S/C13H17NO2.C10H9N5O/c1-16-12-7-5-6-11(10-12)13(15)14-8-3-2-4-9-14;1-16-7-4-2-3-6-8(7)14-10(11)15-9(6)12-5-13-15/h5-7,10H,2-4,8-9H2,1H3;2-5H,1H3,(H2,11,14). The summed E-state index contributed by atoms with van der Waals surface area (Å²) in [7, 11) is 3.21. The SMILES string of the molecule is COc1cccc(C(=O)N2CCCCC2)c1.COc1cccc2c1nc(N)n1ncnc21. The Balaban J connectivity index is 0.000000153. The van der Waals surface area contributed by atoms with E-state index in [1.165, 1.54) is 17.3 Å². The Morgan fingerprint density at radius 2 is 1.81 bits per heavy atom. The van der Waals surface area contributed by atoms with E-state index in [4.69, 9.17) is 15.2 Å². The van der Waals surface area contributed by atoms with Crippen LogP contribution in [-0.2, 0) is 0 Å². The number of benzene rings is 2. The highest BCUT2D eigenvalue weighted by Crippen LogP contribution is 2.26. The number of para-hydroxylation sites is 1. The van der Waals surface area contributed by atoms with E-state index in [-0.39, 0.29) is 5.91 Å². The predicted molar refractivity (Wildman–Crippen MR) is 122 cm³/mol. The lowest BCUT2D eigenvalue weighted by Crippen LogP contribution is -2.35. The maximum absolute atomic E-state index is 12.1. The second-order valence-corrected chi connectivity index (χ2v) is 7.41. The van der Waals surface area contributed by atoms with Crippen molar-refractivity contribution in [1.82, 2.24) is 24.5 Å². The third kappa shape index (κ3) is 4.27. The van der Waals surface area contributed by atoms with Gasteiger partial charge in [-0.15, -0.1) is 0 Å². The molecule has 0 radical (unpaired) electrons. The molecule has 0 saturated carbocycles. The summed E-state index contributed by atoms with van der Waals surface area (Å²) in [6.07, 6.45) is 4.93. The Morgan fingerprint density at radius 3 is 2.56 bits per heavy atom. The topological polar surface area (TPSA) is 108 Å². The van der Waals surface area contributed by atoms with Gasteiger partial charge in [0.1, 0.15) is 23.3 Å². The van der Waals surface area contributed by atoms with Gasteiger partial charge in [0.05, 0.1) is 14.2 Å². The van der Waals surface area contributed by atoms with Crippen LogP contribution in [-0.4, -0.2) is 57.7 Å². The molecule has 1 saturated heterocycles. The Morgan fingerprint density at radius 1 is 1.03 bits per heavy atom. The summed E-state index contributed by atoms with van der Waals surface area (Å²) in [5.74, 6) is 1.83. The fraction of sp³-hybridized carbons (Fsp3) is 0.304. The summed E-state index contributed by atoms with van der Waals surface area (Å²) in [5, 5.41) is 4.87. The van der Waals surface area contributed by atoms with E-state index in [0.717, 1.165) is 42.6 Å². The third-order valence-corrected chi connectivity index (χ3v) is 5.41. The fourth-order valence-corrected chi connectivity index (χ4v) is 3.77. The van der Waals surface area contributed by atoms with Gasteiger partial charge >= 0.3 is 0 Å². The lowest BCUT2D eigenvalue weighted by molar-refractivity contribution is 0.0724. The van der Waals surface area contributed by atoms with E-state index in [9.17, 15) is 4.79 Å². The molecular formula is C23H26N6O3. The molecule has 9 nitrogen and oxygen atoms in total. The normalized spacial score (nSPS) is 13.5. The van der Waals surface area contributed by atoms with Gasteiger partial charge in [-0.05, 0) is 49.6 Å². The fourth-order valence-electron chi connectivity index (χ4n) is 3.77. The Hall–Kier alpha value is -3.88. The van der Waals surface area contributed by atoms with Crippen molar-refractivity contribution in [2.75, 3.05) is 33.0 Å². The minimum Gasteiger partial charge on any atom is -0.497 e. The van der Waals surface area contributed by atoms with Crippen molar-refractivity contribution in [3.8, 4) is 11.5 Å². The molecular weight excluding hydrogens is 408 g/mol. The van der Waals surface area contributed by atoms with Crippen LogP contribution in [0.3, 0.4) is 0 Å². The Bertz CT molecular complexity index is 1230. The zero-order valence-corrected chi connectivity index (χ0v) is 18.2. The second kappa shape index (κ2) is 9.51. The van der Waals surface area contributed by atoms with Gasteiger partial charge in [-0.3, -0.25) is 4.79 Å². The lowest BCUT2D eigenvalue weighted by atomic mass is 10.1. The molecule has 4 aromatic rings. The van der Waals surface area contributed by atoms with Crippen LogP contribution < -0.4 is 15.2 Å². The van der Waals surface area contributed by atoms with Crippen LogP contribution in [0.4, 0.5) is 5.95 Å². The van der Waals surface area contributed by atoms with E-state index < -0.39 is 0 Å².